The van der Waals surface area contributed by atoms with Crippen molar-refractivity contribution < 1.29 is 14.3 Å². The number of nitrogens with one attached hydrogen (secondary N) is 1. The van der Waals surface area contributed by atoms with E-state index >= 15 is 0 Å². The standard InChI is InChI=1S/C25H30N4O3/c1-24(2,3)32-23(30)29-19(16-31-25(29,4)5)12-10-17-11-13-21-27-22(26)20-9-7-6-8-18(20)15-28(21)14-17/h6-14,19,26H,15-16H2,1-5H3/b12-10+,26-22?/t19-/m0/s1. The quantitative estimate of drug-likeness (QED) is 0.737. The van der Waals surface area contributed by atoms with Crippen LogP contribution in [0.25, 0.3) is 0 Å². The van der Waals surface area contributed by atoms with Crippen LogP contribution in [0, 0.1) is 5.41 Å². The van der Waals surface area contributed by atoms with Crippen LogP contribution in [0.15, 0.2) is 65.3 Å². The van der Waals surface area contributed by atoms with Gasteiger partial charge in [0.1, 0.15) is 17.2 Å². The minimum Gasteiger partial charge on any atom is -0.444 e. The molecule has 1 N–H and O–H groups in total. The van der Waals surface area contributed by atoms with Crippen LogP contribution in [0.4, 0.5) is 4.79 Å². The summed E-state index contributed by atoms with van der Waals surface area (Å²) in [6.45, 7) is 10.4. The Kier molecular flexibility index (Phi) is 5.54. The molecule has 3 heterocycles. The molecule has 1 aromatic carbocycles. The van der Waals surface area contributed by atoms with Crippen LogP contribution in [-0.4, -0.2) is 51.5 Å². The molecule has 0 spiro atoms. The molecule has 1 fully saturated rings. The Morgan fingerprint density at radius 1 is 1.28 bits per heavy atom. The third kappa shape index (κ3) is 4.53. The Hall–Kier alpha value is -3.19. The second-order valence-electron chi connectivity index (χ2n) is 9.60. The van der Waals surface area contributed by atoms with Crippen molar-refractivity contribution in [3.05, 3.63) is 71.5 Å². The minimum atomic E-state index is -0.747. The summed E-state index contributed by atoms with van der Waals surface area (Å²) in [4.78, 5) is 21.0. The molecule has 4 rings (SSSR count). The summed E-state index contributed by atoms with van der Waals surface area (Å²) < 4.78 is 11.5. The van der Waals surface area contributed by atoms with Gasteiger partial charge in [0.15, 0.2) is 5.84 Å². The maximum absolute atomic E-state index is 12.8. The Morgan fingerprint density at radius 3 is 2.78 bits per heavy atom. The van der Waals surface area contributed by atoms with Crippen LogP contribution < -0.4 is 0 Å². The number of nitrogens with zero attached hydrogens (tertiary/aromatic N) is 3. The molecule has 0 aromatic heterocycles. The van der Waals surface area contributed by atoms with Crippen molar-refractivity contribution in [1.29, 1.82) is 5.41 Å². The van der Waals surface area contributed by atoms with Gasteiger partial charge in [0.05, 0.1) is 12.6 Å². The zero-order valence-electron chi connectivity index (χ0n) is 19.3. The van der Waals surface area contributed by atoms with E-state index in [4.69, 9.17) is 14.9 Å². The average Bonchev–Trinajstić information content (AvgIpc) is 2.93. The Morgan fingerprint density at radius 2 is 2.03 bits per heavy atom. The summed E-state index contributed by atoms with van der Waals surface area (Å²) in [5.74, 6) is 1.01. The highest BCUT2D eigenvalue weighted by Gasteiger charge is 2.44. The highest BCUT2D eigenvalue weighted by Crippen LogP contribution is 2.30. The Bertz CT molecular complexity index is 1060. The van der Waals surface area contributed by atoms with Gasteiger partial charge in [-0.1, -0.05) is 36.4 Å². The number of carbonyl (C=O) groups excluding carboxylic acids is 1. The topological polar surface area (TPSA) is 78.2 Å². The second-order valence-corrected chi connectivity index (χ2v) is 9.60. The lowest BCUT2D eigenvalue weighted by atomic mass is 10.1. The molecule has 0 saturated carbocycles. The maximum Gasteiger partial charge on any atom is 0.413 e. The van der Waals surface area contributed by atoms with Gasteiger partial charge in [-0.05, 0) is 57.9 Å². The zero-order valence-corrected chi connectivity index (χ0v) is 19.3. The second kappa shape index (κ2) is 8.06. The number of rotatable bonds is 2. The van der Waals surface area contributed by atoms with E-state index in [-0.39, 0.29) is 18.0 Å². The van der Waals surface area contributed by atoms with Gasteiger partial charge >= 0.3 is 6.09 Å². The van der Waals surface area contributed by atoms with Gasteiger partial charge in [0, 0.05) is 18.3 Å². The summed E-state index contributed by atoms with van der Waals surface area (Å²) in [7, 11) is 0. The van der Waals surface area contributed by atoms with Gasteiger partial charge in [0.25, 0.3) is 0 Å². The zero-order chi connectivity index (χ0) is 23.1. The maximum atomic E-state index is 12.8. The van der Waals surface area contributed by atoms with Crippen molar-refractivity contribution in [2.24, 2.45) is 4.99 Å². The number of amides is 1. The lowest BCUT2D eigenvalue weighted by Crippen LogP contribution is -2.49. The molecule has 32 heavy (non-hydrogen) atoms. The van der Waals surface area contributed by atoms with Crippen molar-refractivity contribution in [3.63, 3.8) is 0 Å². The number of hydrogen-bond acceptors (Lipinski definition) is 5. The number of benzene rings is 1. The Balaban J connectivity index is 1.54. The van der Waals surface area contributed by atoms with Crippen LogP contribution in [0.1, 0.15) is 45.7 Å². The largest absolute Gasteiger partial charge is 0.444 e. The number of carbonyl (C=O) groups is 1. The molecular weight excluding hydrogens is 404 g/mol. The van der Waals surface area contributed by atoms with Crippen molar-refractivity contribution in [1.82, 2.24) is 9.80 Å². The number of hydrogen-bond donors (Lipinski definition) is 1. The third-order valence-corrected chi connectivity index (χ3v) is 5.48. The third-order valence-electron chi connectivity index (χ3n) is 5.48. The van der Waals surface area contributed by atoms with E-state index in [0.717, 1.165) is 22.5 Å². The van der Waals surface area contributed by atoms with E-state index in [0.29, 0.717) is 13.2 Å². The molecular formula is C25H30N4O3. The first-order valence-corrected chi connectivity index (χ1v) is 10.8. The van der Waals surface area contributed by atoms with Crippen molar-refractivity contribution >= 4 is 17.8 Å². The molecule has 168 valence electrons. The lowest BCUT2D eigenvalue weighted by molar-refractivity contribution is -0.0610. The van der Waals surface area contributed by atoms with Crippen LogP contribution >= 0.6 is 0 Å². The lowest BCUT2D eigenvalue weighted by Gasteiger charge is -2.34. The number of amidine groups is 2. The minimum absolute atomic E-state index is 0.234. The van der Waals surface area contributed by atoms with Crippen molar-refractivity contribution in [2.75, 3.05) is 6.61 Å². The highest BCUT2D eigenvalue weighted by atomic mass is 16.6. The normalized spacial score (nSPS) is 22.3. The van der Waals surface area contributed by atoms with Crippen LogP contribution in [0.3, 0.4) is 0 Å². The molecule has 7 nitrogen and oxygen atoms in total. The molecule has 1 amide bonds. The summed E-state index contributed by atoms with van der Waals surface area (Å²) in [6, 6.07) is 7.64. The first-order chi connectivity index (χ1) is 15.0. The SMILES string of the molecule is CC(C)(C)OC(=O)N1[C@@H](/C=C/C2=CN3Cc4ccccc4C(=N)N=C3C=C2)COC1(C)C. The van der Waals surface area contributed by atoms with Crippen LogP contribution in [0.5, 0.6) is 0 Å². The first kappa shape index (κ1) is 22.0. The number of allylic oxidation sites excluding steroid dienone is 3. The fraction of sp³-hybridized carbons (Fsp3) is 0.400. The van der Waals surface area contributed by atoms with Crippen LogP contribution in [0.2, 0.25) is 0 Å². The van der Waals surface area contributed by atoms with E-state index < -0.39 is 11.3 Å². The molecule has 1 atom stereocenters. The van der Waals surface area contributed by atoms with E-state index in [1.165, 1.54) is 0 Å². The average molecular weight is 435 g/mol. The predicted octanol–water partition coefficient (Wildman–Crippen LogP) is 4.61. The van der Waals surface area contributed by atoms with Gasteiger partial charge in [-0.3, -0.25) is 10.3 Å². The predicted molar refractivity (Wildman–Crippen MR) is 125 cm³/mol. The molecule has 3 aliphatic rings. The van der Waals surface area contributed by atoms with Crippen molar-refractivity contribution in [3.8, 4) is 0 Å². The van der Waals surface area contributed by atoms with E-state index in [1.54, 1.807) is 4.90 Å². The molecule has 0 bridgehead atoms. The fourth-order valence-electron chi connectivity index (χ4n) is 3.99. The number of ether oxygens (including phenoxy) is 2. The number of aliphatic imine (C=N–C) groups is 1. The summed E-state index contributed by atoms with van der Waals surface area (Å²) in [5.41, 5.74) is 1.57. The van der Waals surface area contributed by atoms with Gasteiger partial charge in [-0.2, -0.15) is 0 Å². The van der Waals surface area contributed by atoms with E-state index in [9.17, 15) is 4.79 Å². The van der Waals surface area contributed by atoms with Crippen molar-refractivity contribution in [2.45, 2.75) is 58.5 Å². The summed E-state index contributed by atoms with van der Waals surface area (Å²) in [5, 5.41) is 8.29. The van der Waals surface area contributed by atoms with Gasteiger partial charge in [0.2, 0.25) is 0 Å². The van der Waals surface area contributed by atoms with Gasteiger partial charge < -0.3 is 14.4 Å². The molecule has 3 aliphatic heterocycles. The molecule has 0 unspecified atom stereocenters. The van der Waals surface area contributed by atoms with Crippen LogP contribution in [-0.2, 0) is 16.0 Å². The van der Waals surface area contributed by atoms with E-state index in [1.807, 2.05) is 94.3 Å². The highest BCUT2D eigenvalue weighted by molar-refractivity contribution is 6.10. The van der Waals surface area contributed by atoms with Gasteiger partial charge in [-0.25, -0.2) is 9.79 Å². The summed E-state index contributed by atoms with van der Waals surface area (Å²) >= 11 is 0. The fourth-order valence-corrected chi connectivity index (χ4v) is 3.99. The Labute approximate surface area is 189 Å². The monoisotopic (exact) mass is 434 g/mol. The summed E-state index contributed by atoms with van der Waals surface area (Å²) in [6.07, 6.45) is 9.48. The van der Waals surface area contributed by atoms with E-state index in [2.05, 4.69) is 4.99 Å². The molecule has 1 saturated heterocycles. The molecule has 1 aromatic rings. The molecule has 7 heteroatoms. The molecule has 0 aliphatic carbocycles. The van der Waals surface area contributed by atoms with Gasteiger partial charge in [-0.15, -0.1) is 0 Å². The molecule has 0 radical (unpaired) electrons. The smallest absolute Gasteiger partial charge is 0.413 e. The number of fused-ring (bicyclic) bond motifs is 2. The first-order valence-electron chi connectivity index (χ1n) is 10.8.